The quantitative estimate of drug-likeness (QED) is 0.363. The van der Waals surface area contributed by atoms with E-state index in [-0.39, 0.29) is 9.79 Å². The van der Waals surface area contributed by atoms with Crippen LogP contribution in [0.25, 0.3) is 10.9 Å². The second-order valence-corrected chi connectivity index (χ2v) is 10.7. The molecule has 0 spiro atoms. The summed E-state index contributed by atoms with van der Waals surface area (Å²) in [7, 11) is -3.60. The standard InChI is InChI=1S/C27H28N4O2S/c1-19-18-25(24-6-5-7-26(27(24)29-19)31-16-3-2-4-17-31)30-21-10-14-23(15-11-21)34(32,33)22-12-8-20(28)9-13-22/h5-15,18H,2-4,16-17,28H2,1H3,(H,29,30). The molecule has 1 fully saturated rings. The van der Waals surface area contributed by atoms with E-state index in [0.29, 0.717) is 5.69 Å². The van der Waals surface area contributed by atoms with E-state index in [1.54, 1.807) is 36.4 Å². The number of nitrogens with two attached hydrogens (primary N) is 1. The summed E-state index contributed by atoms with van der Waals surface area (Å²) < 4.78 is 25.9. The minimum atomic E-state index is -3.60. The number of hydrogen-bond donors (Lipinski definition) is 2. The largest absolute Gasteiger partial charge is 0.399 e. The van der Waals surface area contributed by atoms with Gasteiger partial charge in [-0.05, 0) is 86.8 Å². The summed E-state index contributed by atoms with van der Waals surface area (Å²) in [5, 5.41) is 4.52. The smallest absolute Gasteiger partial charge is 0.206 e. The molecule has 6 nitrogen and oxygen atoms in total. The zero-order valence-electron chi connectivity index (χ0n) is 19.2. The predicted molar refractivity (Wildman–Crippen MR) is 139 cm³/mol. The van der Waals surface area contributed by atoms with Gasteiger partial charge in [0.05, 0.1) is 21.0 Å². The van der Waals surface area contributed by atoms with Crippen LogP contribution in [0.2, 0.25) is 0 Å². The third-order valence-electron chi connectivity index (χ3n) is 6.28. The van der Waals surface area contributed by atoms with E-state index >= 15 is 0 Å². The Morgan fingerprint density at radius 2 is 1.53 bits per heavy atom. The molecule has 4 aromatic rings. The first-order valence-corrected chi connectivity index (χ1v) is 13.0. The van der Waals surface area contributed by atoms with Crippen LogP contribution in [0.3, 0.4) is 0 Å². The van der Waals surface area contributed by atoms with E-state index in [4.69, 9.17) is 10.7 Å². The van der Waals surface area contributed by atoms with Gasteiger partial charge in [0.15, 0.2) is 0 Å². The van der Waals surface area contributed by atoms with Crippen molar-refractivity contribution in [3.63, 3.8) is 0 Å². The zero-order chi connectivity index (χ0) is 23.7. The summed E-state index contributed by atoms with van der Waals surface area (Å²) in [6.45, 7) is 4.11. The van der Waals surface area contributed by atoms with E-state index in [2.05, 4.69) is 28.4 Å². The molecule has 3 aromatic carbocycles. The van der Waals surface area contributed by atoms with Crippen molar-refractivity contribution in [2.24, 2.45) is 0 Å². The number of piperidine rings is 1. The molecular formula is C27H28N4O2S. The molecule has 0 aliphatic carbocycles. The number of aryl methyl sites for hydroxylation is 1. The number of nitrogens with one attached hydrogen (secondary N) is 1. The van der Waals surface area contributed by atoms with Gasteiger partial charge in [0.1, 0.15) is 0 Å². The fraction of sp³-hybridized carbons (Fsp3) is 0.222. The van der Waals surface area contributed by atoms with Gasteiger partial charge >= 0.3 is 0 Å². The summed E-state index contributed by atoms with van der Waals surface area (Å²) >= 11 is 0. The number of para-hydroxylation sites is 1. The number of hydrogen-bond acceptors (Lipinski definition) is 6. The van der Waals surface area contributed by atoms with Crippen LogP contribution >= 0.6 is 0 Å². The van der Waals surface area contributed by atoms with Crippen molar-refractivity contribution in [1.82, 2.24) is 4.98 Å². The van der Waals surface area contributed by atoms with Crippen LogP contribution in [0.1, 0.15) is 25.0 Å². The molecule has 0 bridgehead atoms. The molecule has 0 atom stereocenters. The van der Waals surface area contributed by atoms with E-state index < -0.39 is 9.84 Å². The molecule has 34 heavy (non-hydrogen) atoms. The van der Waals surface area contributed by atoms with Crippen LogP contribution in [0.4, 0.5) is 22.7 Å². The van der Waals surface area contributed by atoms with Crippen LogP contribution in [-0.2, 0) is 9.84 Å². The van der Waals surface area contributed by atoms with E-state index in [1.165, 1.54) is 37.1 Å². The molecule has 1 saturated heterocycles. The van der Waals surface area contributed by atoms with Crippen LogP contribution in [0, 0.1) is 6.92 Å². The first kappa shape index (κ1) is 22.2. The van der Waals surface area contributed by atoms with Gasteiger partial charge in [-0.3, -0.25) is 4.98 Å². The Bertz CT molecular complexity index is 1430. The van der Waals surface area contributed by atoms with Gasteiger partial charge in [0.2, 0.25) is 9.84 Å². The predicted octanol–water partition coefficient (Wildman–Crippen LogP) is 5.69. The molecular weight excluding hydrogens is 444 g/mol. The Hall–Kier alpha value is -3.58. The van der Waals surface area contributed by atoms with Gasteiger partial charge in [-0.2, -0.15) is 0 Å². The first-order valence-electron chi connectivity index (χ1n) is 11.5. The number of aromatic nitrogens is 1. The second-order valence-electron chi connectivity index (χ2n) is 8.75. The summed E-state index contributed by atoms with van der Waals surface area (Å²) in [4.78, 5) is 7.77. The molecule has 2 heterocycles. The minimum Gasteiger partial charge on any atom is -0.399 e. The molecule has 5 rings (SSSR count). The number of benzene rings is 3. The van der Waals surface area contributed by atoms with Gasteiger partial charge in [-0.25, -0.2) is 8.42 Å². The highest BCUT2D eigenvalue weighted by molar-refractivity contribution is 7.91. The molecule has 174 valence electrons. The number of nitrogens with zero attached hydrogens (tertiary/aromatic N) is 2. The highest BCUT2D eigenvalue weighted by Gasteiger charge is 2.18. The van der Waals surface area contributed by atoms with Crippen molar-refractivity contribution < 1.29 is 8.42 Å². The fourth-order valence-electron chi connectivity index (χ4n) is 4.51. The summed E-state index contributed by atoms with van der Waals surface area (Å²) in [6.07, 6.45) is 3.70. The molecule has 1 aromatic heterocycles. The normalized spacial score (nSPS) is 14.3. The van der Waals surface area contributed by atoms with Crippen molar-refractivity contribution in [1.29, 1.82) is 0 Å². The number of sulfone groups is 1. The van der Waals surface area contributed by atoms with Gasteiger partial charge in [-0.1, -0.05) is 12.1 Å². The van der Waals surface area contributed by atoms with Crippen molar-refractivity contribution in [3.05, 3.63) is 78.5 Å². The topological polar surface area (TPSA) is 88.3 Å². The lowest BCUT2D eigenvalue weighted by Gasteiger charge is -2.29. The SMILES string of the molecule is Cc1cc(Nc2ccc(S(=O)(=O)c3ccc(N)cc3)cc2)c2cccc(N3CCCCC3)c2n1. The summed E-state index contributed by atoms with van der Waals surface area (Å²) in [6, 6.07) is 21.4. The maximum Gasteiger partial charge on any atom is 0.206 e. The molecule has 1 aliphatic heterocycles. The van der Waals surface area contributed by atoms with E-state index in [9.17, 15) is 8.42 Å². The van der Waals surface area contributed by atoms with E-state index in [0.717, 1.165) is 41.1 Å². The highest BCUT2D eigenvalue weighted by Crippen LogP contribution is 2.34. The minimum absolute atomic E-state index is 0.225. The maximum atomic E-state index is 12.9. The molecule has 0 saturated carbocycles. The van der Waals surface area contributed by atoms with Crippen LogP contribution in [0.5, 0.6) is 0 Å². The average Bonchev–Trinajstić information content (AvgIpc) is 2.85. The molecule has 1 aliphatic rings. The van der Waals surface area contributed by atoms with Crippen molar-refractivity contribution in [2.45, 2.75) is 36.0 Å². The van der Waals surface area contributed by atoms with E-state index in [1.807, 2.05) is 13.0 Å². The lowest BCUT2D eigenvalue weighted by Crippen LogP contribution is -2.29. The first-order chi connectivity index (χ1) is 16.4. The number of nitrogen functional groups attached to an aromatic ring is 1. The van der Waals surface area contributed by atoms with Crippen molar-refractivity contribution in [3.8, 4) is 0 Å². The fourth-order valence-corrected chi connectivity index (χ4v) is 5.77. The van der Waals surface area contributed by atoms with Crippen molar-refractivity contribution in [2.75, 3.05) is 29.0 Å². The number of fused-ring (bicyclic) bond motifs is 1. The lowest BCUT2D eigenvalue weighted by molar-refractivity contribution is 0.579. The second kappa shape index (κ2) is 8.99. The van der Waals surface area contributed by atoms with Crippen LogP contribution in [-0.4, -0.2) is 26.5 Å². The highest BCUT2D eigenvalue weighted by atomic mass is 32.2. The third-order valence-corrected chi connectivity index (χ3v) is 8.06. The third kappa shape index (κ3) is 4.31. The summed E-state index contributed by atoms with van der Waals surface area (Å²) in [5.41, 5.74) is 11.1. The number of pyridine rings is 1. The summed E-state index contributed by atoms with van der Waals surface area (Å²) in [5.74, 6) is 0. The molecule has 0 unspecified atom stereocenters. The monoisotopic (exact) mass is 472 g/mol. The molecule has 0 amide bonds. The van der Waals surface area contributed by atoms with Gasteiger partial charge in [-0.15, -0.1) is 0 Å². The molecule has 0 radical (unpaired) electrons. The van der Waals surface area contributed by atoms with Crippen molar-refractivity contribution >= 4 is 43.5 Å². The zero-order valence-corrected chi connectivity index (χ0v) is 20.0. The van der Waals surface area contributed by atoms with Gasteiger partial charge in [0, 0.05) is 41.2 Å². The Morgan fingerprint density at radius 1 is 0.882 bits per heavy atom. The Morgan fingerprint density at radius 3 is 2.21 bits per heavy atom. The Labute approximate surface area is 200 Å². The number of rotatable bonds is 5. The van der Waals surface area contributed by atoms with Crippen LogP contribution < -0.4 is 16.0 Å². The molecule has 7 heteroatoms. The van der Waals surface area contributed by atoms with Crippen LogP contribution in [0.15, 0.2) is 82.6 Å². The number of anilines is 4. The Kier molecular flexibility index (Phi) is 5.87. The average molecular weight is 473 g/mol. The maximum absolute atomic E-state index is 12.9. The molecule has 3 N–H and O–H groups in total. The van der Waals surface area contributed by atoms with Gasteiger partial charge < -0.3 is 16.0 Å². The Balaban J connectivity index is 1.46. The lowest BCUT2D eigenvalue weighted by atomic mass is 10.1. The van der Waals surface area contributed by atoms with Gasteiger partial charge in [0.25, 0.3) is 0 Å².